The first-order valence-electron chi connectivity index (χ1n) is 7.77. The van der Waals surface area contributed by atoms with Gasteiger partial charge in [0.05, 0.1) is 13.2 Å². The second kappa shape index (κ2) is 8.01. The highest BCUT2D eigenvalue weighted by Gasteiger charge is 2.11. The van der Waals surface area contributed by atoms with Crippen molar-refractivity contribution >= 4 is 10.8 Å². The summed E-state index contributed by atoms with van der Waals surface area (Å²) in [6.45, 7) is 5.78. The van der Waals surface area contributed by atoms with E-state index in [2.05, 4.69) is 55.6 Å². The van der Waals surface area contributed by atoms with Crippen LogP contribution in [0.15, 0.2) is 36.4 Å². The number of hydrogen-bond donors (Lipinski definition) is 2. The number of ether oxygens (including phenoxy) is 1. The van der Waals surface area contributed by atoms with E-state index >= 15 is 0 Å². The third kappa shape index (κ3) is 3.96. The van der Waals surface area contributed by atoms with Gasteiger partial charge in [-0.25, -0.2) is 0 Å². The van der Waals surface area contributed by atoms with Gasteiger partial charge in [-0.05, 0) is 29.7 Å². The first-order chi connectivity index (χ1) is 10.3. The Labute approximate surface area is 126 Å². The number of nitrogens with one attached hydrogen (secondary N) is 1. The van der Waals surface area contributed by atoms with Crippen LogP contribution in [-0.4, -0.2) is 24.4 Å². The van der Waals surface area contributed by atoms with E-state index in [0.29, 0.717) is 6.54 Å². The van der Waals surface area contributed by atoms with E-state index < -0.39 is 0 Å². The first kappa shape index (κ1) is 15.8. The molecule has 114 valence electrons. The molecule has 0 spiro atoms. The molecule has 2 N–H and O–H groups in total. The smallest absolute Gasteiger partial charge is 0.124 e. The molecule has 21 heavy (non-hydrogen) atoms. The van der Waals surface area contributed by atoms with E-state index in [9.17, 15) is 5.11 Å². The summed E-state index contributed by atoms with van der Waals surface area (Å²) in [5, 5.41) is 15.2. The SMILES string of the molecule is CCCOc1ccc2ccccc2c1CN[C@@H](CC)CO. The molecule has 0 radical (unpaired) electrons. The number of aliphatic hydroxyl groups excluding tert-OH is 1. The summed E-state index contributed by atoms with van der Waals surface area (Å²) < 4.78 is 5.89. The van der Waals surface area contributed by atoms with Gasteiger partial charge in [0.1, 0.15) is 5.75 Å². The van der Waals surface area contributed by atoms with E-state index in [1.807, 2.05) is 0 Å². The molecule has 0 aliphatic rings. The predicted molar refractivity (Wildman–Crippen MR) is 87.7 cm³/mol. The van der Waals surface area contributed by atoms with Gasteiger partial charge in [-0.2, -0.15) is 0 Å². The predicted octanol–water partition coefficient (Wildman–Crippen LogP) is 3.49. The van der Waals surface area contributed by atoms with E-state index in [-0.39, 0.29) is 12.6 Å². The highest BCUT2D eigenvalue weighted by molar-refractivity contribution is 5.87. The molecule has 0 fully saturated rings. The van der Waals surface area contributed by atoms with E-state index in [1.165, 1.54) is 16.3 Å². The zero-order chi connectivity index (χ0) is 15.1. The zero-order valence-corrected chi connectivity index (χ0v) is 12.9. The molecular formula is C18H25NO2. The standard InChI is InChI=1S/C18H25NO2/c1-3-11-21-18-10-9-14-7-5-6-8-16(14)17(18)12-19-15(4-2)13-20/h5-10,15,19-20H,3-4,11-13H2,1-2H3/t15-/m0/s1. The average molecular weight is 287 g/mol. The van der Waals surface area contributed by atoms with Gasteiger partial charge in [0, 0.05) is 18.2 Å². The Kier molecular flexibility index (Phi) is 6.03. The Hall–Kier alpha value is -1.58. The summed E-state index contributed by atoms with van der Waals surface area (Å²) >= 11 is 0. The van der Waals surface area contributed by atoms with Crippen molar-refractivity contribution in [3.8, 4) is 5.75 Å². The molecule has 0 aromatic heterocycles. The lowest BCUT2D eigenvalue weighted by molar-refractivity contribution is 0.237. The fourth-order valence-corrected chi connectivity index (χ4v) is 2.43. The normalized spacial score (nSPS) is 12.5. The minimum Gasteiger partial charge on any atom is -0.493 e. The molecule has 2 aromatic carbocycles. The molecule has 2 rings (SSSR count). The van der Waals surface area contributed by atoms with Gasteiger partial charge >= 0.3 is 0 Å². The molecule has 0 heterocycles. The molecule has 1 atom stereocenters. The lowest BCUT2D eigenvalue weighted by Gasteiger charge is -2.18. The van der Waals surface area contributed by atoms with Crippen LogP contribution in [0.2, 0.25) is 0 Å². The van der Waals surface area contributed by atoms with Crippen molar-refractivity contribution in [1.29, 1.82) is 0 Å². The maximum atomic E-state index is 9.33. The first-order valence-corrected chi connectivity index (χ1v) is 7.77. The van der Waals surface area contributed by atoms with Crippen LogP contribution >= 0.6 is 0 Å². The van der Waals surface area contributed by atoms with Gasteiger partial charge in [-0.1, -0.05) is 44.2 Å². The number of fused-ring (bicyclic) bond motifs is 1. The molecule has 3 nitrogen and oxygen atoms in total. The molecule has 0 aliphatic heterocycles. The van der Waals surface area contributed by atoms with Crippen LogP contribution < -0.4 is 10.1 Å². The maximum Gasteiger partial charge on any atom is 0.124 e. The lowest BCUT2D eigenvalue weighted by Crippen LogP contribution is -2.31. The van der Waals surface area contributed by atoms with Crippen LogP contribution in [0.1, 0.15) is 32.3 Å². The second-order valence-electron chi connectivity index (χ2n) is 5.28. The number of rotatable bonds is 8. The van der Waals surface area contributed by atoms with Crippen LogP contribution in [0.3, 0.4) is 0 Å². The Balaban J connectivity index is 2.31. The quantitative estimate of drug-likeness (QED) is 0.781. The second-order valence-corrected chi connectivity index (χ2v) is 5.28. The van der Waals surface area contributed by atoms with Crippen molar-refractivity contribution in [3.63, 3.8) is 0 Å². The zero-order valence-electron chi connectivity index (χ0n) is 12.9. The molecular weight excluding hydrogens is 262 g/mol. The Bertz CT molecular complexity index is 564. The summed E-state index contributed by atoms with van der Waals surface area (Å²) in [6, 6.07) is 12.6. The van der Waals surface area contributed by atoms with E-state index in [0.717, 1.165) is 25.2 Å². The Morgan fingerprint density at radius 1 is 1.14 bits per heavy atom. The van der Waals surface area contributed by atoms with Crippen molar-refractivity contribution in [1.82, 2.24) is 5.32 Å². The number of benzene rings is 2. The maximum absolute atomic E-state index is 9.33. The van der Waals surface area contributed by atoms with Crippen molar-refractivity contribution in [2.75, 3.05) is 13.2 Å². The Morgan fingerprint density at radius 2 is 1.95 bits per heavy atom. The minimum absolute atomic E-state index is 0.128. The third-order valence-electron chi connectivity index (χ3n) is 3.74. The van der Waals surface area contributed by atoms with Gasteiger partial charge in [-0.3, -0.25) is 0 Å². The third-order valence-corrected chi connectivity index (χ3v) is 3.74. The molecule has 0 bridgehead atoms. The minimum atomic E-state index is 0.128. The van der Waals surface area contributed by atoms with Gasteiger partial charge < -0.3 is 15.2 Å². The van der Waals surface area contributed by atoms with Crippen LogP contribution in [0, 0.1) is 0 Å². The van der Waals surface area contributed by atoms with Crippen molar-refractivity contribution in [2.45, 2.75) is 39.3 Å². The molecule has 0 saturated carbocycles. The molecule has 0 aliphatic carbocycles. The topological polar surface area (TPSA) is 41.5 Å². The van der Waals surface area contributed by atoms with Crippen LogP contribution in [0.4, 0.5) is 0 Å². The van der Waals surface area contributed by atoms with E-state index in [1.54, 1.807) is 0 Å². The van der Waals surface area contributed by atoms with Gasteiger partial charge in [0.15, 0.2) is 0 Å². The van der Waals surface area contributed by atoms with Crippen LogP contribution in [0.5, 0.6) is 5.75 Å². The molecule has 0 amide bonds. The highest BCUT2D eigenvalue weighted by Crippen LogP contribution is 2.28. The van der Waals surface area contributed by atoms with Gasteiger partial charge in [0.2, 0.25) is 0 Å². The number of hydrogen-bond acceptors (Lipinski definition) is 3. The fourth-order valence-electron chi connectivity index (χ4n) is 2.43. The van der Waals surface area contributed by atoms with Crippen LogP contribution in [-0.2, 0) is 6.54 Å². The Morgan fingerprint density at radius 3 is 2.67 bits per heavy atom. The molecule has 0 unspecified atom stereocenters. The summed E-state index contributed by atoms with van der Waals surface area (Å²) in [4.78, 5) is 0. The van der Waals surface area contributed by atoms with Crippen LogP contribution in [0.25, 0.3) is 10.8 Å². The molecule has 0 saturated heterocycles. The van der Waals surface area contributed by atoms with Gasteiger partial charge in [-0.15, -0.1) is 0 Å². The van der Waals surface area contributed by atoms with E-state index in [4.69, 9.17) is 4.74 Å². The van der Waals surface area contributed by atoms with Crippen molar-refractivity contribution < 1.29 is 9.84 Å². The molecule has 3 heteroatoms. The summed E-state index contributed by atoms with van der Waals surface area (Å²) in [5.74, 6) is 0.941. The summed E-state index contributed by atoms with van der Waals surface area (Å²) in [6.07, 6.45) is 1.90. The molecule has 2 aromatic rings. The fraction of sp³-hybridized carbons (Fsp3) is 0.444. The van der Waals surface area contributed by atoms with Crippen molar-refractivity contribution in [3.05, 3.63) is 42.0 Å². The van der Waals surface area contributed by atoms with Crippen molar-refractivity contribution in [2.24, 2.45) is 0 Å². The monoisotopic (exact) mass is 287 g/mol. The lowest BCUT2D eigenvalue weighted by atomic mass is 10.0. The summed E-state index contributed by atoms with van der Waals surface area (Å²) in [5.41, 5.74) is 1.17. The largest absolute Gasteiger partial charge is 0.493 e. The highest BCUT2D eigenvalue weighted by atomic mass is 16.5. The summed E-state index contributed by atoms with van der Waals surface area (Å²) in [7, 11) is 0. The average Bonchev–Trinajstić information content (AvgIpc) is 2.54. The van der Waals surface area contributed by atoms with Gasteiger partial charge in [0.25, 0.3) is 0 Å². The number of aliphatic hydroxyl groups is 1.